The largest absolute Gasteiger partial charge is 0.402 e. The van der Waals surface area contributed by atoms with Gasteiger partial charge in [0, 0.05) is 18.0 Å². The first-order valence-corrected chi connectivity index (χ1v) is 22.5. The van der Waals surface area contributed by atoms with Crippen molar-refractivity contribution in [2.75, 3.05) is 0 Å². The standard InChI is InChI=1S/C26H45NO.C8H18.C6H12.C6H14.C2H6.H3N/c1-5-6-7-11-20(4)21-13-15-22(16-14-21)24-17-23(18-25(24)27)26(28)12-9-8-10-19(2)3;1-4-6-7-8(3)5-2;1-5(2)6-3-4-6;1-4-6(3)5-2;1-2;/h5-6,19-23H,7-18,27H2,1-4H3;8H,4-7H2,1-3H3;5-6H,3-4H2,1-2H3;6H,4-5H2,1-3H3;1-2H3;1H3/b6-5-;;;;;. The van der Waals surface area contributed by atoms with E-state index in [1.807, 2.05) is 13.8 Å². The molecule has 3 unspecified atom stereocenters. The molecule has 3 aliphatic rings. The Kier molecular flexibility index (Phi) is 36.9. The van der Waals surface area contributed by atoms with Crippen molar-refractivity contribution in [2.45, 2.75) is 225 Å². The van der Waals surface area contributed by atoms with Gasteiger partial charge < -0.3 is 11.9 Å². The van der Waals surface area contributed by atoms with Crippen LogP contribution in [0, 0.1) is 53.3 Å². The van der Waals surface area contributed by atoms with Crippen LogP contribution in [0.15, 0.2) is 23.4 Å². The van der Waals surface area contributed by atoms with E-state index in [4.69, 9.17) is 5.73 Å². The predicted molar refractivity (Wildman–Crippen MR) is 234 cm³/mol. The van der Waals surface area contributed by atoms with Crippen LogP contribution in [0.25, 0.3) is 0 Å². The van der Waals surface area contributed by atoms with Gasteiger partial charge in [0.1, 0.15) is 5.78 Å². The smallest absolute Gasteiger partial charge is 0.136 e. The van der Waals surface area contributed by atoms with Crippen LogP contribution in [0.2, 0.25) is 0 Å². The van der Waals surface area contributed by atoms with Gasteiger partial charge >= 0.3 is 0 Å². The van der Waals surface area contributed by atoms with Gasteiger partial charge in [-0.3, -0.25) is 4.79 Å². The lowest BCUT2D eigenvalue weighted by molar-refractivity contribution is -0.122. The third-order valence-corrected chi connectivity index (χ3v) is 12.1. The minimum Gasteiger partial charge on any atom is -0.402 e. The number of allylic oxidation sites excluding steroid dienone is 4. The second-order valence-electron chi connectivity index (χ2n) is 17.2. The number of rotatable bonds is 18. The van der Waals surface area contributed by atoms with E-state index in [1.165, 1.54) is 108 Å². The minimum absolute atomic E-state index is 0. The number of Topliss-reactive ketones (excluding diaryl/α,β-unsaturated/α-hetero) is 1. The summed E-state index contributed by atoms with van der Waals surface area (Å²) in [5.74, 6) is 7.70. The summed E-state index contributed by atoms with van der Waals surface area (Å²) in [6.45, 7) is 31.3. The van der Waals surface area contributed by atoms with E-state index in [0.29, 0.717) is 11.7 Å². The van der Waals surface area contributed by atoms with Crippen LogP contribution < -0.4 is 11.9 Å². The number of hydrogen-bond acceptors (Lipinski definition) is 3. The van der Waals surface area contributed by atoms with Crippen molar-refractivity contribution in [1.82, 2.24) is 6.15 Å². The van der Waals surface area contributed by atoms with Crippen LogP contribution >= 0.6 is 0 Å². The molecule has 3 heteroatoms. The molecule has 0 radical (unpaired) electrons. The van der Waals surface area contributed by atoms with E-state index in [0.717, 1.165) is 72.8 Å². The number of hydrogen-bond donors (Lipinski definition) is 2. The summed E-state index contributed by atoms with van der Waals surface area (Å²) < 4.78 is 0. The number of nitrogens with two attached hydrogens (primary N) is 1. The highest BCUT2D eigenvalue weighted by molar-refractivity contribution is 5.82. The summed E-state index contributed by atoms with van der Waals surface area (Å²) in [7, 11) is 0. The highest BCUT2D eigenvalue weighted by atomic mass is 16.1. The first-order valence-electron chi connectivity index (χ1n) is 22.5. The Morgan fingerprint density at radius 1 is 0.725 bits per heavy atom. The Morgan fingerprint density at radius 2 is 1.27 bits per heavy atom. The van der Waals surface area contributed by atoms with Gasteiger partial charge in [0.25, 0.3) is 0 Å². The Hall–Kier alpha value is -1.09. The molecular formula is C48H98N2O. The van der Waals surface area contributed by atoms with Crippen LogP contribution in [0.3, 0.4) is 0 Å². The Balaban J connectivity index is -0.000000810. The summed E-state index contributed by atoms with van der Waals surface area (Å²) in [5, 5.41) is 0. The second-order valence-corrected chi connectivity index (χ2v) is 17.2. The van der Waals surface area contributed by atoms with Crippen molar-refractivity contribution in [3.63, 3.8) is 0 Å². The molecular weight excluding hydrogens is 621 g/mol. The Morgan fingerprint density at radius 3 is 1.69 bits per heavy atom. The number of ketones is 1. The lowest BCUT2D eigenvalue weighted by Crippen LogP contribution is -2.22. The maximum atomic E-state index is 12.6. The van der Waals surface area contributed by atoms with E-state index < -0.39 is 0 Å². The molecule has 3 nitrogen and oxygen atoms in total. The van der Waals surface area contributed by atoms with Crippen LogP contribution in [-0.2, 0) is 4.79 Å². The maximum absolute atomic E-state index is 12.6. The summed E-state index contributed by atoms with van der Waals surface area (Å²) in [6, 6.07) is 0. The zero-order valence-electron chi connectivity index (χ0n) is 37.7. The first kappa shape index (κ1) is 54.3. The maximum Gasteiger partial charge on any atom is 0.136 e. The summed E-state index contributed by atoms with van der Waals surface area (Å²) in [4.78, 5) is 12.6. The molecule has 3 rings (SSSR count). The van der Waals surface area contributed by atoms with Crippen molar-refractivity contribution >= 4 is 5.78 Å². The molecule has 306 valence electrons. The molecule has 0 spiro atoms. The van der Waals surface area contributed by atoms with Crippen molar-refractivity contribution < 1.29 is 4.79 Å². The average molecular weight is 719 g/mol. The average Bonchev–Trinajstić information content (AvgIpc) is 3.92. The molecule has 0 heterocycles. The normalized spacial score (nSPS) is 21.0. The fraction of sp³-hybridized carbons (Fsp3) is 0.896. The van der Waals surface area contributed by atoms with Crippen LogP contribution in [0.5, 0.6) is 0 Å². The van der Waals surface area contributed by atoms with Crippen molar-refractivity contribution in [3.05, 3.63) is 23.4 Å². The molecule has 0 aromatic rings. The fourth-order valence-corrected chi connectivity index (χ4v) is 7.18. The molecule has 2 fully saturated rings. The minimum atomic E-state index is 0. The highest BCUT2D eigenvalue weighted by Gasteiger charge is 2.34. The fourth-order valence-electron chi connectivity index (χ4n) is 7.18. The Bertz CT molecular complexity index is 826. The molecule has 3 atom stereocenters. The molecule has 5 N–H and O–H groups in total. The van der Waals surface area contributed by atoms with E-state index in [-0.39, 0.29) is 12.1 Å². The monoisotopic (exact) mass is 719 g/mol. The molecule has 51 heavy (non-hydrogen) atoms. The molecule has 0 amide bonds. The SMILES string of the molecule is C/C=C\CCC(C)C1CCC(C2=C(N)CC(C(=O)CCCCC(C)C)C2)CC1.CC.CC(C)C1CC1.CCC(C)CC.CCCCC(C)CC.N. The lowest BCUT2D eigenvalue weighted by atomic mass is 9.72. The topological polar surface area (TPSA) is 78.1 Å². The van der Waals surface area contributed by atoms with Crippen molar-refractivity contribution in [1.29, 1.82) is 0 Å². The van der Waals surface area contributed by atoms with Gasteiger partial charge in [-0.15, -0.1) is 0 Å². The molecule has 0 aliphatic heterocycles. The third-order valence-electron chi connectivity index (χ3n) is 12.1. The molecule has 2 saturated carbocycles. The van der Waals surface area contributed by atoms with Gasteiger partial charge in [-0.1, -0.05) is 154 Å². The van der Waals surface area contributed by atoms with Gasteiger partial charge in [0.05, 0.1) is 0 Å². The summed E-state index contributed by atoms with van der Waals surface area (Å²) >= 11 is 0. The van der Waals surface area contributed by atoms with Gasteiger partial charge in [-0.2, -0.15) is 0 Å². The van der Waals surface area contributed by atoms with Gasteiger partial charge in [-0.25, -0.2) is 0 Å². The first-order chi connectivity index (χ1) is 23.8. The summed E-state index contributed by atoms with van der Waals surface area (Å²) in [5.41, 5.74) is 8.95. The van der Waals surface area contributed by atoms with Crippen LogP contribution in [0.4, 0.5) is 0 Å². The quantitative estimate of drug-likeness (QED) is 0.109. The predicted octanol–water partition coefficient (Wildman–Crippen LogP) is 16.1. The zero-order chi connectivity index (χ0) is 38.5. The highest BCUT2D eigenvalue weighted by Crippen LogP contribution is 2.44. The second kappa shape index (κ2) is 34.7. The van der Waals surface area contributed by atoms with E-state index in [9.17, 15) is 4.79 Å². The zero-order valence-corrected chi connectivity index (χ0v) is 37.7. The summed E-state index contributed by atoms with van der Waals surface area (Å²) in [6.07, 6.45) is 29.5. The number of carbonyl (C=O) groups is 1. The van der Waals surface area contributed by atoms with E-state index >= 15 is 0 Å². The lowest BCUT2D eigenvalue weighted by Gasteiger charge is -2.33. The van der Waals surface area contributed by atoms with Crippen LogP contribution in [0.1, 0.15) is 225 Å². The van der Waals surface area contributed by atoms with E-state index in [1.54, 1.807) is 0 Å². The molecule has 0 saturated heterocycles. The van der Waals surface area contributed by atoms with Gasteiger partial charge in [0.15, 0.2) is 0 Å². The van der Waals surface area contributed by atoms with Gasteiger partial charge in [0.2, 0.25) is 0 Å². The van der Waals surface area contributed by atoms with Gasteiger partial charge in [-0.05, 0) is 130 Å². The van der Waals surface area contributed by atoms with Crippen LogP contribution in [-0.4, -0.2) is 5.78 Å². The third kappa shape index (κ3) is 28.1. The molecule has 3 aliphatic carbocycles. The van der Waals surface area contributed by atoms with Crippen molar-refractivity contribution in [3.8, 4) is 0 Å². The molecule has 0 aromatic heterocycles. The molecule has 0 aromatic carbocycles. The molecule has 0 bridgehead atoms. The number of carbonyl (C=O) groups excluding carboxylic acids is 1. The number of unbranched alkanes of at least 4 members (excludes halogenated alkanes) is 2. The van der Waals surface area contributed by atoms with Crippen molar-refractivity contribution in [2.24, 2.45) is 59.0 Å². The Labute approximate surface area is 323 Å². The van der Waals surface area contributed by atoms with E-state index in [2.05, 4.69) is 95.2 Å².